The van der Waals surface area contributed by atoms with Crippen molar-refractivity contribution in [2.45, 2.75) is 103 Å². The summed E-state index contributed by atoms with van der Waals surface area (Å²) < 4.78 is 13.1. The minimum atomic E-state index is -2.01. The summed E-state index contributed by atoms with van der Waals surface area (Å²) in [7, 11) is 0. The smallest absolute Gasteiger partial charge is 0.181 e. The Hall–Kier alpha value is -2.28. The number of benzene rings is 1. The Morgan fingerprint density at radius 2 is 1.68 bits per heavy atom. The lowest BCUT2D eigenvalue weighted by Crippen LogP contribution is -2.81. The highest BCUT2D eigenvalue weighted by Gasteiger charge is 2.82. The number of carbonyl (C=O) groups excluding carboxylic acids is 2. The van der Waals surface area contributed by atoms with Crippen molar-refractivity contribution in [3.63, 3.8) is 0 Å². The molecular formula is C32H40O6. The van der Waals surface area contributed by atoms with E-state index in [1.165, 1.54) is 12.5 Å². The van der Waals surface area contributed by atoms with E-state index in [0.717, 1.165) is 24.8 Å². The Morgan fingerprint density at radius 1 is 1.00 bits per heavy atom. The first-order chi connectivity index (χ1) is 17.7. The van der Waals surface area contributed by atoms with Gasteiger partial charge >= 0.3 is 0 Å². The van der Waals surface area contributed by atoms with Gasteiger partial charge in [-0.25, -0.2) is 0 Å². The van der Waals surface area contributed by atoms with Crippen LogP contribution in [0.15, 0.2) is 53.3 Å². The minimum Gasteiger partial charge on any atom is -0.511 e. The molecule has 2 bridgehead atoms. The zero-order valence-corrected chi connectivity index (χ0v) is 23.3. The molecule has 0 amide bonds. The van der Waals surface area contributed by atoms with Gasteiger partial charge in [-0.15, -0.1) is 0 Å². The number of ketones is 2. The van der Waals surface area contributed by atoms with Crippen LogP contribution in [0.3, 0.4) is 0 Å². The SMILES string of the molecule is CC(C)/C1=C/[C@H]2[C@](C)(CC[C@@H]3O[C@]3(C)CC1)[C@]1(C)C(=O)[C@](C)(O)[C@]23O[C@H](c2ccccc2)CC(=O)C3=C1O. The summed E-state index contributed by atoms with van der Waals surface area (Å²) in [6.45, 7) is 11.7. The summed E-state index contributed by atoms with van der Waals surface area (Å²) >= 11 is 0. The van der Waals surface area contributed by atoms with Gasteiger partial charge in [0, 0.05) is 12.3 Å². The molecule has 1 spiro atoms. The van der Waals surface area contributed by atoms with Crippen molar-refractivity contribution in [1.82, 2.24) is 0 Å². The summed E-state index contributed by atoms with van der Waals surface area (Å²) in [5.74, 6) is -1.26. The molecule has 6 heteroatoms. The lowest BCUT2D eigenvalue weighted by atomic mass is 9.36. The van der Waals surface area contributed by atoms with E-state index in [9.17, 15) is 19.8 Å². The highest BCUT2D eigenvalue weighted by molar-refractivity contribution is 6.09. The van der Waals surface area contributed by atoms with E-state index in [0.29, 0.717) is 6.42 Å². The van der Waals surface area contributed by atoms with E-state index >= 15 is 0 Å². The van der Waals surface area contributed by atoms with Gasteiger partial charge in [0.05, 0.1) is 28.8 Å². The third-order valence-corrected chi connectivity index (χ3v) is 11.1. The summed E-state index contributed by atoms with van der Waals surface area (Å²) in [6, 6.07) is 9.50. The van der Waals surface area contributed by atoms with E-state index in [4.69, 9.17) is 9.47 Å². The lowest BCUT2D eigenvalue weighted by molar-refractivity contribution is -0.270. The number of rotatable bonds is 2. The Morgan fingerprint density at radius 3 is 2.34 bits per heavy atom. The van der Waals surface area contributed by atoms with Crippen molar-refractivity contribution < 1.29 is 29.3 Å². The van der Waals surface area contributed by atoms with Crippen LogP contribution < -0.4 is 0 Å². The van der Waals surface area contributed by atoms with Crippen LogP contribution in [0.1, 0.15) is 85.3 Å². The second-order valence-corrected chi connectivity index (χ2v) is 13.4. The molecule has 4 aliphatic carbocycles. The molecule has 204 valence electrons. The van der Waals surface area contributed by atoms with Crippen LogP contribution in [-0.4, -0.2) is 44.7 Å². The molecule has 38 heavy (non-hydrogen) atoms. The first kappa shape index (κ1) is 26.0. The highest BCUT2D eigenvalue weighted by atomic mass is 16.6. The topological polar surface area (TPSA) is 96.4 Å². The quantitative estimate of drug-likeness (QED) is 0.392. The second kappa shape index (κ2) is 7.89. The Labute approximate surface area is 225 Å². The average Bonchev–Trinajstić information content (AvgIpc) is 3.53. The molecule has 1 aromatic rings. The molecule has 2 N–H and O–H groups in total. The van der Waals surface area contributed by atoms with E-state index in [-0.39, 0.29) is 41.2 Å². The van der Waals surface area contributed by atoms with E-state index < -0.39 is 39.8 Å². The van der Waals surface area contributed by atoms with Crippen molar-refractivity contribution in [3.05, 3.63) is 58.9 Å². The second-order valence-electron chi connectivity index (χ2n) is 13.4. The molecule has 2 aliphatic heterocycles. The van der Waals surface area contributed by atoms with Crippen LogP contribution in [0, 0.1) is 22.7 Å². The number of allylic oxidation sites excluding steroid dienone is 2. The fraction of sp³-hybridized carbons (Fsp3) is 0.625. The van der Waals surface area contributed by atoms with Crippen LogP contribution in [0.5, 0.6) is 0 Å². The molecule has 2 saturated heterocycles. The zero-order chi connectivity index (χ0) is 27.5. The number of hydrogen-bond donors (Lipinski definition) is 2. The van der Waals surface area contributed by atoms with Gasteiger partial charge < -0.3 is 19.7 Å². The fourth-order valence-corrected chi connectivity index (χ4v) is 8.34. The standard InChI is InChI=1S/C32H40O6/c1-18(2)20-12-15-29(4)24(38-29)13-14-28(3)23(16-20)32-25(26(34)30(28,5)27(35)31(32,6)36)21(33)17-22(37-32)19-10-8-7-9-11-19/h7-11,16,18,22-24,34,36H,12-15,17H2,1-6H3/b20-16+/t22-,23-,24-,28-,29+,30-,31-,32-/m0/s1. The molecule has 1 saturated carbocycles. The maximum atomic E-state index is 14.3. The average molecular weight is 521 g/mol. The van der Waals surface area contributed by atoms with Gasteiger partial charge in [0.25, 0.3) is 0 Å². The number of aliphatic hydroxyl groups is 2. The first-order valence-corrected chi connectivity index (χ1v) is 14.1. The summed E-state index contributed by atoms with van der Waals surface area (Å²) in [4.78, 5) is 28.3. The van der Waals surface area contributed by atoms with Crippen LogP contribution in [-0.2, 0) is 19.1 Å². The maximum Gasteiger partial charge on any atom is 0.181 e. The number of carbonyl (C=O) groups is 2. The number of ether oxygens (including phenoxy) is 2. The van der Waals surface area contributed by atoms with Crippen LogP contribution >= 0.6 is 0 Å². The zero-order valence-electron chi connectivity index (χ0n) is 23.3. The predicted molar refractivity (Wildman–Crippen MR) is 142 cm³/mol. The summed E-state index contributed by atoms with van der Waals surface area (Å²) in [6.07, 6.45) is 4.71. The van der Waals surface area contributed by atoms with Crippen LogP contribution in [0.2, 0.25) is 0 Å². The van der Waals surface area contributed by atoms with Gasteiger partial charge in [0.1, 0.15) is 11.4 Å². The molecule has 8 atom stereocenters. The molecule has 3 fully saturated rings. The highest BCUT2D eigenvalue weighted by Crippen LogP contribution is 2.72. The summed E-state index contributed by atoms with van der Waals surface area (Å²) in [5, 5.41) is 24.1. The van der Waals surface area contributed by atoms with Crippen molar-refractivity contribution in [2.24, 2.45) is 22.7 Å². The summed E-state index contributed by atoms with van der Waals surface area (Å²) in [5.41, 5.74) is -4.06. The number of epoxide rings is 1. The van der Waals surface area contributed by atoms with E-state index in [2.05, 4.69) is 26.8 Å². The molecule has 1 aromatic carbocycles. The maximum absolute atomic E-state index is 14.3. The number of fused-ring (bicyclic) bond motifs is 2. The molecular weight excluding hydrogens is 480 g/mol. The molecule has 0 unspecified atom stereocenters. The van der Waals surface area contributed by atoms with E-state index in [1.54, 1.807) is 6.92 Å². The largest absolute Gasteiger partial charge is 0.511 e. The number of aliphatic hydroxyl groups excluding tert-OH is 1. The number of Topliss-reactive ketones (excluding diaryl/α,β-unsaturated/α-hetero) is 2. The number of hydrogen-bond acceptors (Lipinski definition) is 6. The van der Waals surface area contributed by atoms with Gasteiger partial charge in [0.15, 0.2) is 17.2 Å². The lowest BCUT2D eigenvalue weighted by Gasteiger charge is -2.69. The van der Waals surface area contributed by atoms with Gasteiger partial charge in [-0.2, -0.15) is 0 Å². The third-order valence-electron chi connectivity index (χ3n) is 11.1. The third kappa shape index (κ3) is 3.00. The molecule has 2 heterocycles. The van der Waals surface area contributed by atoms with Gasteiger partial charge in [-0.05, 0) is 63.4 Å². The normalized spacial score (nSPS) is 47.7. The minimum absolute atomic E-state index is 0.0456. The Bertz CT molecular complexity index is 1280. The molecule has 0 aromatic heterocycles. The van der Waals surface area contributed by atoms with Crippen molar-refractivity contribution in [2.75, 3.05) is 0 Å². The monoisotopic (exact) mass is 520 g/mol. The van der Waals surface area contributed by atoms with Crippen molar-refractivity contribution >= 4 is 11.6 Å². The van der Waals surface area contributed by atoms with Crippen LogP contribution in [0.25, 0.3) is 0 Å². The molecule has 6 nitrogen and oxygen atoms in total. The molecule has 7 rings (SSSR count). The molecule has 6 aliphatic rings. The van der Waals surface area contributed by atoms with Gasteiger partial charge in [-0.3, -0.25) is 9.59 Å². The van der Waals surface area contributed by atoms with Crippen LogP contribution in [0.4, 0.5) is 0 Å². The first-order valence-electron chi connectivity index (χ1n) is 14.1. The Balaban J connectivity index is 1.64. The van der Waals surface area contributed by atoms with Gasteiger partial charge in [-0.1, -0.05) is 62.8 Å². The van der Waals surface area contributed by atoms with Crippen molar-refractivity contribution in [1.29, 1.82) is 0 Å². The van der Waals surface area contributed by atoms with E-state index in [1.807, 2.05) is 37.3 Å². The molecule has 0 radical (unpaired) electrons. The van der Waals surface area contributed by atoms with Gasteiger partial charge in [0.2, 0.25) is 0 Å². The predicted octanol–water partition coefficient (Wildman–Crippen LogP) is 5.56. The van der Waals surface area contributed by atoms with Crippen molar-refractivity contribution in [3.8, 4) is 0 Å². The fourth-order valence-electron chi connectivity index (χ4n) is 8.34. The Kier molecular flexibility index (Phi) is 5.39.